The molecule has 0 bridgehead atoms. The summed E-state index contributed by atoms with van der Waals surface area (Å²) in [5.74, 6) is 0.687. The van der Waals surface area contributed by atoms with Crippen LogP contribution in [0.2, 0.25) is 0 Å². The van der Waals surface area contributed by atoms with E-state index in [4.69, 9.17) is 14.5 Å². The fraction of sp³-hybridized carbons (Fsp3) is 0.611. The van der Waals surface area contributed by atoms with Gasteiger partial charge in [0, 0.05) is 38.2 Å². The third-order valence-electron chi connectivity index (χ3n) is 4.65. The summed E-state index contributed by atoms with van der Waals surface area (Å²) in [5, 5.41) is 13.7. The van der Waals surface area contributed by atoms with Crippen molar-refractivity contribution < 1.29 is 14.3 Å². The van der Waals surface area contributed by atoms with Crippen LogP contribution in [0.5, 0.6) is 0 Å². The van der Waals surface area contributed by atoms with Crippen LogP contribution < -0.4 is 10.2 Å². The Hall–Kier alpha value is -1.82. The highest BCUT2D eigenvalue weighted by atomic mass is 32.2. The molecule has 2 aliphatic rings. The molecule has 3 rings (SSSR count). The van der Waals surface area contributed by atoms with E-state index in [9.17, 15) is 10.1 Å². The van der Waals surface area contributed by atoms with E-state index in [1.165, 1.54) is 18.9 Å². The fourth-order valence-corrected chi connectivity index (χ4v) is 4.11. The monoisotopic (exact) mass is 376 g/mol. The molecular weight excluding hydrogens is 352 g/mol. The van der Waals surface area contributed by atoms with E-state index in [1.807, 2.05) is 13.8 Å². The number of hydrogen-bond acceptors (Lipinski definition) is 8. The molecule has 0 atom stereocenters. The summed E-state index contributed by atoms with van der Waals surface area (Å²) in [7, 11) is 1.36. The minimum atomic E-state index is -0.328. The van der Waals surface area contributed by atoms with Gasteiger partial charge in [-0.3, -0.25) is 4.79 Å². The van der Waals surface area contributed by atoms with Crippen LogP contribution >= 0.6 is 11.8 Å². The van der Waals surface area contributed by atoms with Gasteiger partial charge in [-0.1, -0.05) is 11.8 Å². The Kier molecular flexibility index (Phi) is 5.70. The van der Waals surface area contributed by atoms with Gasteiger partial charge in [-0.25, -0.2) is 4.98 Å². The maximum Gasteiger partial charge on any atom is 0.316 e. The van der Waals surface area contributed by atoms with Crippen LogP contribution in [0, 0.1) is 11.3 Å². The van der Waals surface area contributed by atoms with Gasteiger partial charge < -0.3 is 19.7 Å². The number of hydrogen-bond donors (Lipinski definition) is 1. The van der Waals surface area contributed by atoms with Crippen molar-refractivity contribution in [2.75, 3.05) is 43.9 Å². The molecule has 0 radical (unpaired) electrons. The summed E-state index contributed by atoms with van der Waals surface area (Å²) in [6, 6.07) is 2.31. The first-order valence-corrected chi connectivity index (χ1v) is 9.69. The van der Waals surface area contributed by atoms with Crippen LogP contribution in [0.4, 0.5) is 5.82 Å². The zero-order valence-corrected chi connectivity index (χ0v) is 16.2. The Balaban J connectivity index is 2.06. The minimum absolute atomic E-state index is 0.137. The number of anilines is 1. The molecule has 1 aromatic rings. The molecule has 140 valence electrons. The highest BCUT2D eigenvalue weighted by molar-refractivity contribution is 7.99. The molecule has 26 heavy (non-hydrogen) atoms. The van der Waals surface area contributed by atoms with E-state index in [-0.39, 0.29) is 17.3 Å². The highest BCUT2D eigenvalue weighted by Crippen LogP contribution is 2.38. The minimum Gasteiger partial charge on any atom is -0.468 e. The van der Waals surface area contributed by atoms with Gasteiger partial charge in [0.05, 0.1) is 30.6 Å². The third kappa shape index (κ3) is 3.95. The molecule has 0 saturated carbocycles. The van der Waals surface area contributed by atoms with Crippen molar-refractivity contribution in [1.82, 2.24) is 10.3 Å². The third-order valence-corrected chi connectivity index (χ3v) is 5.60. The number of nitriles is 1. The Morgan fingerprint density at radius 2 is 2.15 bits per heavy atom. The summed E-state index contributed by atoms with van der Waals surface area (Å²) >= 11 is 1.26. The number of methoxy groups -OCH3 is 1. The highest BCUT2D eigenvalue weighted by Gasteiger charge is 2.33. The molecule has 0 unspecified atom stereocenters. The second-order valence-electron chi connectivity index (χ2n) is 7.01. The first-order chi connectivity index (χ1) is 12.4. The molecule has 2 aliphatic heterocycles. The summed E-state index contributed by atoms with van der Waals surface area (Å²) in [6.45, 7) is 8.02. The van der Waals surface area contributed by atoms with Gasteiger partial charge in [0.2, 0.25) is 0 Å². The van der Waals surface area contributed by atoms with E-state index in [1.54, 1.807) is 0 Å². The van der Waals surface area contributed by atoms with E-state index in [2.05, 4.69) is 16.3 Å². The zero-order valence-electron chi connectivity index (χ0n) is 15.4. The predicted octanol–water partition coefficient (Wildman–Crippen LogP) is 1.48. The number of nitrogens with one attached hydrogen (secondary N) is 1. The maximum absolute atomic E-state index is 11.6. The molecule has 0 aromatic carbocycles. The average molecular weight is 376 g/mol. The number of pyridine rings is 1. The number of rotatable bonds is 4. The summed E-state index contributed by atoms with van der Waals surface area (Å²) < 4.78 is 10.7. The van der Waals surface area contributed by atoms with Crippen LogP contribution in [0.15, 0.2) is 5.03 Å². The molecule has 8 heteroatoms. The van der Waals surface area contributed by atoms with Gasteiger partial charge >= 0.3 is 5.97 Å². The van der Waals surface area contributed by atoms with Crippen molar-refractivity contribution in [2.45, 2.75) is 37.5 Å². The van der Waals surface area contributed by atoms with E-state index in [0.29, 0.717) is 23.6 Å². The lowest BCUT2D eigenvalue weighted by Crippen LogP contribution is -2.45. The SMILES string of the molecule is COC(=O)CSc1nc(N2CCNCC2)c2c(c1C#N)CC(C)(C)OC2. The van der Waals surface area contributed by atoms with Crippen LogP contribution in [0.25, 0.3) is 0 Å². The van der Waals surface area contributed by atoms with Crippen molar-refractivity contribution >= 4 is 23.5 Å². The molecule has 7 nitrogen and oxygen atoms in total. The predicted molar refractivity (Wildman–Crippen MR) is 99.3 cm³/mol. The largest absolute Gasteiger partial charge is 0.468 e. The van der Waals surface area contributed by atoms with Crippen LogP contribution in [-0.2, 0) is 27.3 Å². The molecule has 1 aromatic heterocycles. The Morgan fingerprint density at radius 3 is 2.81 bits per heavy atom. The number of thioether (sulfide) groups is 1. The van der Waals surface area contributed by atoms with E-state index >= 15 is 0 Å². The Bertz CT molecular complexity index is 739. The number of aromatic nitrogens is 1. The molecule has 1 saturated heterocycles. The number of carbonyl (C=O) groups is 1. The van der Waals surface area contributed by atoms with Gasteiger partial charge in [0.1, 0.15) is 16.9 Å². The van der Waals surface area contributed by atoms with Gasteiger partial charge in [-0.15, -0.1) is 0 Å². The van der Waals surface area contributed by atoms with Gasteiger partial charge in [-0.2, -0.15) is 5.26 Å². The van der Waals surface area contributed by atoms with Crippen molar-refractivity contribution in [3.63, 3.8) is 0 Å². The van der Waals surface area contributed by atoms with Crippen LogP contribution in [0.1, 0.15) is 30.5 Å². The standard InChI is InChI=1S/C18H24N4O3S/c1-18(2)8-12-13(9-19)17(26-11-15(23)24-3)21-16(14(12)10-25-18)22-6-4-20-5-7-22/h20H,4-8,10-11H2,1-3H3. The zero-order chi connectivity index (χ0) is 18.7. The second-order valence-corrected chi connectivity index (χ2v) is 7.98. The first-order valence-electron chi connectivity index (χ1n) is 8.70. The van der Waals surface area contributed by atoms with Crippen molar-refractivity contribution in [1.29, 1.82) is 5.26 Å². The normalized spacial score (nSPS) is 18.8. The summed E-state index contributed by atoms with van der Waals surface area (Å²) in [4.78, 5) is 18.6. The molecule has 1 fully saturated rings. The molecular formula is C18H24N4O3S. The number of ether oxygens (including phenoxy) is 2. The number of piperazine rings is 1. The lowest BCUT2D eigenvalue weighted by molar-refractivity contribution is -0.137. The molecule has 0 amide bonds. The molecule has 0 aliphatic carbocycles. The van der Waals surface area contributed by atoms with Crippen LogP contribution in [0.3, 0.4) is 0 Å². The number of carbonyl (C=O) groups excluding carboxylic acids is 1. The Morgan fingerprint density at radius 1 is 1.42 bits per heavy atom. The maximum atomic E-state index is 11.6. The lowest BCUT2D eigenvalue weighted by atomic mass is 9.89. The van der Waals surface area contributed by atoms with E-state index in [0.717, 1.165) is 43.1 Å². The Labute approximate surface area is 158 Å². The lowest BCUT2D eigenvalue weighted by Gasteiger charge is -2.37. The van der Waals surface area contributed by atoms with Gasteiger partial charge in [-0.05, 0) is 19.4 Å². The second kappa shape index (κ2) is 7.82. The quantitative estimate of drug-likeness (QED) is 0.625. The fourth-order valence-electron chi connectivity index (χ4n) is 3.27. The molecule has 0 spiro atoms. The van der Waals surface area contributed by atoms with Crippen molar-refractivity contribution in [2.24, 2.45) is 0 Å². The number of fused-ring (bicyclic) bond motifs is 1. The van der Waals surface area contributed by atoms with Crippen molar-refractivity contribution in [3.8, 4) is 6.07 Å². The first kappa shape index (κ1) is 19.0. The van der Waals surface area contributed by atoms with Gasteiger partial charge in [0.25, 0.3) is 0 Å². The van der Waals surface area contributed by atoms with E-state index < -0.39 is 0 Å². The molecule has 3 heterocycles. The van der Waals surface area contributed by atoms with Crippen molar-refractivity contribution in [3.05, 3.63) is 16.7 Å². The average Bonchev–Trinajstić information content (AvgIpc) is 2.64. The smallest absolute Gasteiger partial charge is 0.316 e. The van der Waals surface area contributed by atoms with Crippen LogP contribution in [-0.4, -0.2) is 55.6 Å². The van der Waals surface area contributed by atoms with Gasteiger partial charge in [0.15, 0.2) is 0 Å². The number of esters is 1. The summed E-state index contributed by atoms with van der Waals surface area (Å²) in [5.41, 5.74) is 2.24. The number of nitrogens with zero attached hydrogens (tertiary/aromatic N) is 3. The summed E-state index contributed by atoms with van der Waals surface area (Å²) in [6.07, 6.45) is 0.651. The topological polar surface area (TPSA) is 87.5 Å². The molecule has 1 N–H and O–H groups in total.